The number of carbonyl (C=O) groups excluding carboxylic acids is 2. The first-order chi connectivity index (χ1) is 20.7. The van der Waals surface area contributed by atoms with Crippen molar-refractivity contribution in [1.82, 2.24) is 24.5 Å². The molecular formula is C28H25F2N5O8. The number of hydrogen-bond acceptors (Lipinski definition) is 10. The average molecular weight is 598 g/mol. The van der Waals surface area contributed by atoms with Crippen molar-refractivity contribution >= 4 is 11.9 Å². The number of esters is 2. The minimum absolute atomic E-state index is 0.0151. The van der Waals surface area contributed by atoms with Crippen LogP contribution >= 0.6 is 0 Å². The zero-order valence-corrected chi connectivity index (χ0v) is 22.3. The molecule has 2 aromatic carbocycles. The Labute approximate surface area is 241 Å². The minimum atomic E-state index is -4.03. The lowest BCUT2D eigenvalue weighted by molar-refractivity contribution is -0.142. The highest BCUT2D eigenvalue weighted by atomic mass is 19.3. The number of aromatic nitrogens is 5. The minimum Gasteiger partial charge on any atom is -0.459 e. The van der Waals surface area contributed by atoms with E-state index in [1.54, 1.807) is 24.3 Å². The van der Waals surface area contributed by atoms with Gasteiger partial charge < -0.3 is 19.3 Å². The van der Waals surface area contributed by atoms with Crippen LogP contribution in [-0.2, 0) is 27.2 Å². The molecule has 1 fully saturated rings. The molecule has 15 heteroatoms. The Kier molecular flexibility index (Phi) is 8.54. The largest absolute Gasteiger partial charge is 0.459 e. The van der Waals surface area contributed by atoms with Gasteiger partial charge >= 0.3 is 23.6 Å². The standard InChI is InChI=1S/C28H25F2N5O8/c29-28(30)22(43-25(39)18-9-5-2-6-10-18)21(16-41-24(38)17-7-3-1-4-8-17)42-26(28)35-14-19(23(37)31-27(35)40)13-34-15-20(11-12-36)32-33-34/h1-10,14-15,21-22,26,36H,11-13,16H2,(H,31,37,40)/t21-,22-,26-/m1/s1. The molecule has 0 saturated carbocycles. The number of halogens is 2. The molecule has 0 bridgehead atoms. The number of rotatable bonds is 10. The number of benzene rings is 2. The maximum absolute atomic E-state index is 16.0. The van der Waals surface area contributed by atoms with E-state index in [2.05, 4.69) is 10.3 Å². The molecule has 0 aliphatic carbocycles. The fourth-order valence-electron chi connectivity index (χ4n) is 4.45. The number of alkyl halides is 2. The summed E-state index contributed by atoms with van der Waals surface area (Å²) in [5.74, 6) is -5.95. The van der Waals surface area contributed by atoms with Crippen LogP contribution in [0.15, 0.2) is 82.6 Å². The van der Waals surface area contributed by atoms with Crippen LogP contribution in [0.4, 0.5) is 8.78 Å². The molecule has 4 aromatic rings. The van der Waals surface area contributed by atoms with E-state index < -0.39 is 54.2 Å². The van der Waals surface area contributed by atoms with Crippen LogP contribution in [0.3, 0.4) is 0 Å². The third-order valence-corrected chi connectivity index (χ3v) is 6.56. The highest BCUT2D eigenvalue weighted by Gasteiger charge is 2.63. The van der Waals surface area contributed by atoms with E-state index in [1.165, 1.54) is 47.3 Å². The summed E-state index contributed by atoms with van der Waals surface area (Å²) in [5, 5.41) is 16.7. The van der Waals surface area contributed by atoms with Gasteiger partial charge in [0.15, 0.2) is 6.10 Å². The Morgan fingerprint density at radius 3 is 2.30 bits per heavy atom. The van der Waals surface area contributed by atoms with Crippen LogP contribution < -0.4 is 11.2 Å². The van der Waals surface area contributed by atoms with Gasteiger partial charge in [0, 0.05) is 25.4 Å². The van der Waals surface area contributed by atoms with E-state index in [4.69, 9.17) is 19.3 Å². The third kappa shape index (κ3) is 6.42. The van der Waals surface area contributed by atoms with Crippen molar-refractivity contribution in [2.24, 2.45) is 0 Å². The van der Waals surface area contributed by atoms with Gasteiger partial charge in [0.05, 0.1) is 28.9 Å². The number of aliphatic hydroxyl groups is 1. The summed E-state index contributed by atoms with van der Waals surface area (Å²) in [7, 11) is 0. The summed E-state index contributed by atoms with van der Waals surface area (Å²) >= 11 is 0. The number of aliphatic hydroxyl groups excluding tert-OH is 1. The molecule has 0 unspecified atom stereocenters. The summed E-state index contributed by atoms with van der Waals surface area (Å²) in [4.78, 5) is 52.6. The predicted molar refractivity (Wildman–Crippen MR) is 142 cm³/mol. The zero-order valence-electron chi connectivity index (χ0n) is 22.3. The summed E-state index contributed by atoms with van der Waals surface area (Å²) in [6, 6.07) is 15.2. The van der Waals surface area contributed by atoms with Gasteiger partial charge in [0.2, 0.25) is 6.23 Å². The smallest absolute Gasteiger partial charge is 0.338 e. The number of nitrogens with zero attached hydrogens (tertiary/aromatic N) is 4. The van der Waals surface area contributed by atoms with Gasteiger partial charge in [-0.3, -0.25) is 14.3 Å². The number of hydrogen-bond donors (Lipinski definition) is 2. The summed E-state index contributed by atoms with van der Waals surface area (Å²) in [5.41, 5.74) is -1.66. The molecule has 224 valence electrons. The maximum Gasteiger partial charge on any atom is 0.338 e. The van der Waals surface area contributed by atoms with Gasteiger partial charge in [-0.15, -0.1) is 5.10 Å². The Hall–Kier alpha value is -5.02. The van der Waals surface area contributed by atoms with Crippen LogP contribution in [0, 0.1) is 0 Å². The van der Waals surface area contributed by atoms with Crippen LogP contribution in [0.5, 0.6) is 0 Å². The quantitative estimate of drug-likeness (QED) is 0.255. The van der Waals surface area contributed by atoms with E-state index >= 15 is 8.78 Å². The lowest BCUT2D eigenvalue weighted by Crippen LogP contribution is -2.45. The maximum atomic E-state index is 16.0. The number of aromatic amines is 1. The fraction of sp³-hybridized carbons (Fsp3) is 0.286. The third-order valence-electron chi connectivity index (χ3n) is 6.56. The first-order valence-corrected chi connectivity index (χ1v) is 13.0. The zero-order chi connectivity index (χ0) is 30.6. The first kappa shape index (κ1) is 29.5. The van der Waals surface area contributed by atoms with Gasteiger partial charge in [-0.25, -0.2) is 19.1 Å². The van der Waals surface area contributed by atoms with E-state index in [9.17, 15) is 19.2 Å². The van der Waals surface area contributed by atoms with Crippen molar-refractivity contribution in [3.8, 4) is 0 Å². The predicted octanol–water partition coefficient (Wildman–Crippen LogP) is 1.33. The van der Waals surface area contributed by atoms with E-state index in [1.807, 2.05) is 4.98 Å². The second-order valence-electron chi connectivity index (χ2n) is 9.56. The monoisotopic (exact) mass is 597 g/mol. The normalized spacial score (nSPS) is 19.2. The van der Waals surface area contributed by atoms with Gasteiger partial charge in [0.25, 0.3) is 5.56 Å². The lowest BCUT2D eigenvalue weighted by Gasteiger charge is -2.24. The summed E-state index contributed by atoms with van der Waals surface area (Å²) in [6.07, 6.45) is -3.79. The molecule has 3 heterocycles. The van der Waals surface area contributed by atoms with Crippen molar-refractivity contribution in [3.63, 3.8) is 0 Å². The SMILES string of the molecule is O=C(OC[C@H]1O[C@@H](n2cc(Cn3cc(CCO)nn3)c(=O)[nH]c2=O)C(F)(F)[C@@H]1OC(=O)c1ccccc1)c1ccccc1. The molecule has 0 amide bonds. The molecule has 13 nitrogen and oxygen atoms in total. The molecule has 2 N–H and O–H groups in total. The molecule has 0 spiro atoms. The summed E-state index contributed by atoms with van der Waals surface area (Å²) < 4.78 is 49.7. The molecular weight excluding hydrogens is 572 g/mol. The summed E-state index contributed by atoms with van der Waals surface area (Å²) in [6.45, 7) is -1.18. The van der Waals surface area contributed by atoms with Gasteiger partial charge in [0.1, 0.15) is 12.7 Å². The molecule has 1 saturated heterocycles. The molecule has 3 atom stereocenters. The highest BCUT2D eigenvalue weighted by Crippen LogP contribution is 2.44. The number of ether oxygens (including phenoxy) is 3. The van der Waals surface area contributed by atoms with E-state index in [-0.39, 0.29) is 36.3 Å². The lowest BCUT2D eigenvalue weighted by atomic mass is 10.1. The highest BCUT2D eigenvalue weighted by molar-refractivity contribution is 5.90. The molecule has 1 aliphatic heterocycles. The first-order valence-electron chi connectivity index (χ1n) is 13.0. The van der Waals surface area contributed by atoms with Crippen molar-refractivity contribution < 1.29 is 37.7 Å². The number of nitrogens with one attached hydrogen (secondary N) is 1. The van der Waals surface area contributed by atoms with Crippen molar-refractivity contribution in [2.75, 3.05) is 13.2 Å². The average Bonchev–Trinajstić information content (AvgIpc) is 3.55. The molecule has 1 aliphatic rings. The number of H-pyrrole nitrogens is 1. The van der Waals surface area contributed by atoms with Crippen LogP contribution in [0.2, 0.25) is 0 Å². The Bertz CT molecular complexity index is 1710. The van der Waals surface area contributed by atoms with Crippen LogP contribution in [-0.4, -0.2) is 72.9 Å². The van der Waals surface area contributed by atoms with Crippen molar-refractivity contribution in [2.45, 2.75) is 37.3 Å². The number of carbonyl (C=O) groups is 2. The molecule has 2 aromatic heterocycles. The fourth-order valence-corrected chi connectivity index (χ4v) is 4.45. The Balaban J connectivity index is 1.44. The van der Waals surface area contributed by atoms with Crippen molar-refractivity contribution in [1.29, 1.82) is 0 Å². The molecule has 5 rings (SSSR count). The van der Waals surface area contributed by atoms with Gasteiger partial charge in [-0.2, -0.15) is 8.78 Å². The van der Waals surface area contributed by atoms with Gasteiger partial charge in [-0.1, -0.05) is 41.6 Å². The molecule has 43 heavy (non-hydrogen) atoms. The van der Waals surface area contributed by atoms with Crippen LogP contribution in [0.25, 0.3) is 0 Å². The van der Waals surface area contributed by atoms with E-state index in [0.717, 1.165) is 6.20 Å². The molecule has 0 radical (unpaired) electrons. The van der Waals surface area contributed by atoms with E-state index in [0.29, 0.717) is 10.3 Å². The van der Waals surface area contributed by atoms with Gasteiger partial charge in [-0.05, 0) is 24.3 Å². The Morgan fingerprint density at radius 2 is 1.65 bits per heavy atom. The second kappa shape index (κ2) is 12.5. The second-order valence-corrected chi connectivity index (χ2v) is 9.56. The topological polar surface area (TPSA) is 168 Å². The Morgan fingerprint density at radius 1 is 1.00 bits per heavy atom. The van der Waals surface area contributed by atoms with Crippen LogP contribution in [0.1, 0.15) is 38.2 Å². The van der Waals surface area contributed by atoms with Crippen molar-refractivity contribution in [3.05, 3.63) is 116 Å².